The Morgan fingerprint density at radius 2 is 2.11 bits per heavy atom. The molecule has 1 aliphatic heterocycles. The lowest BCUT2D eigenvalue weighted by atomic mass is 10.0. The van der Waals surface area contributed by atoms with Gasteiger partial charge in [0.05, 0.1) is 12.5 Å². The number of carbonyl (C=O) groups excluding carboxylic acids is 1. The Bertz CT molecular complexity index is 408. The standard InChI is InChI=1S/C13H17ClN2O2.ClH/c1-9(6-16-13(17)10-7-15-8-10)18-12-4-2-11(14)3-5-12;/h2-5,9-10,15H,6-8H2,1H3,(H,16,17);1H. The molecule has 1 aliphatic rings. The number of hydrogen-bond donors (Lipinski definition) is 2. The summed E-state index contributed by atoms with van der Waals surface area (Å²) in [6, 6.07) is 7.19. The van der Waals surface area contributed by atoms with Crippen LogP contribution < -0.4 is 15.4 Å². The molecule has 1 saturated heterocycles. The normalized spacial score (nSPS) is 15.9. The third-order valence-corrected chi connectivity index (χ3v) is 3.12. The van der Waals surface area contributed by atoms with E-state index in [1.54, 1.807) is 12.1 Å². The third-order valence-electron chi connectivity index (χ3n) is 2.87. The van der Waals surface area contributed by atoms with Crippen molar-refractivity contribution in [2.45, 2.75) is 13.0 Å². The van der Waals surface area contributed by atoms with Crippen molar-refractivity contribution >= 4 is 29.9 Å². The lowest BCUT2D eigenvalue weighted by Gasteiger charge is -2.26. The highest BCUT2D eigenvalue weighted by Crippen LogP contribution is 2.16. The zero-order valence-corrected chi connectivity index (χ0v) is 12.3. The lowest BCUT2D eigenvalue weighted by molar-refractivity contribution is -0.126. The fourth-order valence-electron chi connectivity index (χ4n) is 1.65. The summed E-state index contributed by atoms with van der Waals surface area (Å²) in [6.07, 6.45) is -0.0665. The van der Waals surface area contributed by atoms with Crippen molar-refractivity contribution in [2.24, 2.45) is 5.92 Å². The summed E-state index contributed by atoms with van der Waals surface area (Å²) in [5.41, 5.74) is 0. The van der Waals surface area contributed by atoms with Gasteiger partial charge in [-0.3, -0.25) is 4.79 Å². The molecular formula is C13H18Cl2N2O2. The minimum atomic E-state index is -0.0665. The first-order valence-electron chi connectivity index (χ1n) is 6.06. The highest BCUT2D eigenvalue weighted by molar-refractivity contribution is 6.30. The maximum Gasteiger partial charge on any atom is 0.225 e. The second-order valence-corrected chi connectivity index (χ2v) is 4.92. The van der Waals surface area contributed by atoms with Gasteiger partial charge >= 0.3 is 0 Å². The molecule has 2 rings (SSSR count). The van der Waals surface area contributed by atoms with Gasteiger partial charge in [-0.25, -0.2) is 0 Å². The molecule has 2 N–H and O–H groups in total. The number of ether oxygens (including phenoxy) is 1. The van der Waals surface area contributed by atoms with Crippen molar-refractivity contribution in [1.82, 2.24) is 10.6 Å². The van der Waals surface area contributed by atoms with Gasteiger partial charge in [-0.1, -0.05) is 11.6 Å². The van der Waals surface area contributed by atoms with Crippen LogP contribution >= 0.6 is 24.0 Å². The number of nitrogens with one attached hydrogen (secondary N) is 2. The minimum Gasteiger partial charge on any atom is -0.489 e. The van der Waals surface area contributed by atoms with Crippen LogP contribution in [-0.2, 0) is 4.79 Å². The molecule has 0 radical (unpaired) electrons. The summed E-state index contributed by atoms with van der Waals surface area (Å²) in [5, 5.41) is 6.64. The highest BCUT2D eigenvalue weighted by atomic mass is 35.5. The molecule has 0 spiro atoms. The van der Waals surface area contributed by atoms with Gasteiger partial charge < -0.3 is 15.4 Å². The largest absolute Gasteiger partial charge is 0.489 e. The predicted molar refractivity (Wildman–Crippen MR) is 78.2 cm³/mol. The van der Waals surface area contributed by atoms with Gasteiger partial charge in [0.15, 0.2) is 0 Å². The summed E-state index contributed by atoms with van der Waals surface area (Å²) in [6.45, 7) is 3.99. The van der Waals surface area contributed by atoms with Crippen molar-refractivity contribution in [3.05, 3.63) is 29.3 Å². The van der Waals surface area contributed by atoms with E-state index in [-0.39, 0.29) is 30.3 Å². The van der Waals surface area contributed by atoms with Gasteiger partial charge in [-0.2, -0.15) is 0 Å². The van der Waals surface area contributed by atoms with Crippen molar-refractivity contribution < 1.29 is 9.53 Å². The number of benzene rings is 1. The molecule has 19 heavy (non-hydrogen) atoms. The van der Waals surface area contributed by atoms with E-state index in [0.717, 1.165) is 18.8 Å². The van der Waals surface area contributed by atoms with E-state index in [2.05, 4.69) is 10.6 Å². The van der Waals surface area contributed by atoms with Crippen molar-refractivity contribution in [1.29, 1.82) is 0 Å². The SMILES string of the molecule is CC(CNC(=O)C1CNC1)Oc1ccc(Cl)cc1.Cl. The average molecular weight is 305 g/mol. The predicted octanol–water partition coefficient (Wildman–Crippen LogP) is 1.86. The lowest BCUT2D eigenvalue weighted by Crippen LogP contribution is -2.51. The Kier molecular flexibility index (Phi) is 6.42. The van der Waals surface area contributed by atoms with E-state index in [0.29, 0.717) is 11.6 Å². The topological polar surface area (TPSA) is 50.4 Å². The first-order chi connectivity index (χ1) is 8.65. The zero-order valence-electron chi connectivity index (χ0n) is 10.7. The average Bonchev–Trinajstić information content (AvgIpc) is 2.27. The number of carbonyl (C=O) groups is 1. The molecule has 1 amide bonds. The monoisotopic (exact) mass is 304 g/mol. The van der Waals surface area contributed by atoms with Gasteiger partial charge in [0.1, 0.15) is 11.9 Å². The fraction of sp³-hybridized carbons (Fsp3) is 0.462. The zero-order chi connectivity index (χ0) is 13.0. The van der Waals surface area contributed by atoms with Gasteiger partial charge in [0, 0.05) is 18.1 Å². The molecule has 6 heteroatoms. The maximum atomic E-state index is 11.6. The van der Waals surface area contributed by atoms with E-state index < -0.39 is 0 Å². The summed E-state index contributed by atoms with van der Waals surface area (Å²) in [5.74, 6) is 0.972. The molecule has 1 fully saturated rings. The smallest absolute Gasteiger partial charge is 0.225 e. The molecule has 0 bridgehead atoms. The van der Waals surface area contributed by atoms with E-state index in [4.69, 9.17) is 16.3 Å². The van der Waals surface area contributed by atoms with Crippen LogP contribution in [0.4, 0.5) is 0 Å². The van der Waals surface area contributed by atoms with E-state index in [1.165, 1.54) is 0 Å². The van der Waals surface area contributed by atoms with Crippen LogP contribution in [-0.4, -0.2) is 31.6 Å². The van der Waals surface area contributed by atoms with Gasteiger partial charge in [0.25, 0.3) is 0 Å². The number of hydrogen-bond acceptors (Lipinski definition) is 3. The molecule has 1 atom stereocenters. The summed E-state index contributed by atoms with van der Waals surface area (Å²) < 4.78 is 5.66. The molecule has 0 saturated carbocycles. The van der Waals surface area contributed by atoms with Gasteiger partial charge in [0.2, 0.25) is 5.91 Å². The van der Waals surface area contributed by atoms with Crippen LogP contribution in [0.15, 0.2) is 24.3 Å². The molecule has 1 unspecified atom stereocenters. The Hall–Kier alpha value is -0.970. The Labute approximate surface area is 124 Å². The van der Waals surface area contributed by atoms with Crippen LogP contribution in [0.25, 0.3) is 0 Å². The molecule has 106 valence electrons. The Morgan fingerprint density at radius 1 is 1.47 bits per heavy atom. The van der Waals surface area contributed by atoms with E-state index >= 15 is 0 Å². The number of amides is 1. The maximum absolute atomic E-state index is 11.6. The molecule has 1 aromatic carbocycles. The van der Waals surface area contributed by atoms with E-state index in [1.807, 2.05) is 19.1 Å². The summed E-state index contributed by atoms with van der Waals surface area (Å²) in [4.78, 5) is 11.6. The van der Waals surface area contributed by atoms with Crippen LogP contribution in [0.3, 0.4) is 0 Å². The third kappa shape index (κ3) is 4.90. The number of rotatable bonds is 5. The quantitative estimate of drug-likeness (QED) is 0.873. The Morgan fingerprint density at radius 3 is 2.63 bits per heavy atom. The molecule has 0 aliphatic carbocycles. The highest BCUT2D eigenvalue weighted by Gasteiger charge is 2.24. The van der Waals surface area contributed by atoms with Crippen LogP contribution in [0.5, 0.6) is 5.75 Å². The first-order valence-corrected chi connectivity index (χ1v) is 6.43. The van der Waals surface area contributed by atoms with Crippen LogP contribution in [0.2, 0.25) is 5.02 Å². The number of halogens is 2. The molecular weight excluding hydrogens is 287 g/mol. The molecule has 1 heterocycles. The van der Waals surface area contributed by atoms with Crippen molar-refractivity contribution in [3.63, 3.8) is 0 Å². The van der Waals surface area contributed by atoms with Crippen molar-refractivity contribution in [3.8, 4) is 5.75 Å². The summed E-state index contributed by atoms with van der Waals surface area (Å²) >= 11 is 5.79. The molecule has 4 nitrogen and oxygen atoms in total. The molecule has 0 aromatic heterocycles. The second-order valence-electron chi connectivity index (χ2n) is 4.48. The first kappa shape index (κ1) is 16.1. The summed E-state index contributed by atoms with van der Waals surface area (Å²) in [7, 11) is 0. The fourth-order valence-corrected chi connectivity index (χ4v) is 1.78. The van der Waals surface area contributed by atoms with Gasteiger partial charge in [-0.05, 0) is 31.2 Å². The Balaban J connectivity index is 0.00000180. The molecule has 1 aromatic rings. The van der Waals surface area contributed by atoms with Gasteiger partial charge in [-0.15, -0.1) is 12.4 Å². The minimum absolute atomic E-state index is 0. The second kappa shape index (κ2) is 7.58. The van der Waals surface area contributed by atoms with Crippen LogP contribution in [0, 0.1) is 5.92 Å². The van der Waals surface area contributed by atoms with E-state index in [9.17, 15) is 4.79 Å². The van der Waals surface area contributed by atoms with Crippen molar-refractivity contribution in [2.75, 3.05) is 19.6 Å². The van der Waals surface area contributed by atoms with Crippen LogP contribution in [0.1, 0.15) is 6.92 Å².